The van der Waals surface area contributed by atoms with E-state index < -0.39 is 12.0 Å². The van der Waals surface area contributed by atoms with Crippen LogP contribution in [-0.2, 0) is 9.59 Å². The normalized spacial score (nSPS) is 11.6. The third-order valence-electron chi connectivity index (χ3n) is 5.00. The van der Waals surface area contributed by atoms with E-state index in [1.807, 2.05) is 0 Å². The van der Waals surface area contributed by atoms with Crippen LogP contribution < -0.4 is 20.8 Å². The van der Waals surface area contributed by atoms with Crippen molar-refractivity contribution in [3.05, 3.63) is 88.0 Å². The number of hydrogen-bond acceptors (Lipinski definition) is 5. The number of halogens is 1. The fraction of sp³-hybridized carbons (Fsp3) is 0.115. The average molecular weight is 477 g/mol. The van der Waals surface area contributed by atoms with Crippen LogP contribution in [0.3, 0.4) is 0 Å². The molecule has 2 amide bonds. The number of benzene rings is 3. The molecule has 1 aromatic heterocycles. The highest BCUT2D eigenvalue weighted by Gasteiger charge is 2.23. The molecule has 8 heteroatoms. The summed E-state index contributed by atoms with van der Waals surface area (Å²) in [7, 11) is 0. The van der Waals surface area contributed by atoms with Crippen molar-refractivity contribution in [3.63, 3.8) is 0 Å². The second-order valence-corrected chi connectivity index (χ2v) is 8.04. The summed E-state index contributed by atoms with van der Waals surface area (Å²) < 4.78 is 11.9. The Labute approximate surface area is 200 Å². The fourth-order valence-corrected chi connectivity index (χ4v) is 3.46. The average Bonchev–Trinajstić information content (AvgIpc) is 2.82. The topological polar surface area (TPSA) is 97.6 Å². The Hall–Kier alpha value is -4.10. The van der Waals surface area contributed by atoms with Gasteiger partial charge in [0.05, 0.1) is 5.39 Å². The third-order valence-corrected chi connectivity index (χ3v) is 5.25. The number of anilines is 2. The number of fused-ring (bicyclic) bond motifs is 1. The molecule has 0 saturated heterocycles. The Bertz CT molecular complexity index is 1410. The lowest BCUT2D eigenvalue weighted by molar-refractivity contribution is -0.122. The van der Waals surface area contributed by atoms with Crippen molar-refractivity contribution in [3.8, 4) is 17.1 Å². The monoisotopic (exact) mass is 476 g/mol. The van der Waals surface area contributed by atoms with Gasteiger partial charge in [0.25, 0.3) is 5.91 Å². The van der Waals surface area contributed by atoms with Crippen molar-refractivity contribution in [2.75, 3.05) is 10.6 Å². The van der Waals surface area contributed by atoms with Crippen LogP contribution in [0.5, 0.6) is 5.75 Å². The molecule has 0 fully saturated rings. The number of para-hydroxylation sites is 1. The Morgan fingerprint density at radius 1 is 0.912 bits per heavy atom. The van der Waals surface area contributed by atoms with Gasteiger partial charge in [0.1, 0.15) is 5.58 Å². The molecule has 0 bridgehead atoms. The third kappa shape index (κ3) is 5.10. The largest absolute Gasteiger partial charge is 0.473 e. The number of nitrogens with one attached hydrogen (secondary N) is 2. The molecule has 0 aliphatic carbocycles. The quantitative estimate of drug-likeness (QED) is 0.384. The first kappa shape index (κ1) is 23.1. The number of amides is 2. The van der Waals surface area contributed by atoms with Gasteiger partial charge in [-0.2, -0.15) is 0 Å². The second-order valence-electron chi connectivity index (χ2n) is 7.60. The van der Waals surface area contributed by atoms with Crippen molar-refractivity contribution in [1.82, 2.24) is 0 Å². The van der Waals surface area contributed by atoms with E-state index >= 15 is 0 Å². The molecule has 0 saturated carbocycles. The molecule has 1 heterocycles. The molecule has 0 aliphatic rings. The van der Waals surface area contributed by atoms with Crippen molar-refractivity contribution >= 4 is 45.8 Å². The maximum atomic E-state index is 13.3. The summed E-state index contributed by atoms with van der Waals surface area (Å²) in [6.07, 6.45) is -1.01. The van der Waals surface area contributed by atoms with Gasteiger partial charge in [-0.25, -0.2) is 0 Å². The molecule has 2 N–H and O–H groups in total. The first-order valence-corrected chi connectivity index (χ1v) is 10.9. The van der Waals surface area contributed by atoms with Crippen LogP contribution in [0.4, 0.5) is 11.4 Å². The van der Waals surface area contributed by atoms with Crippen LogP contribution in [0.15, 0.2) is 82.0 Å². The van der Waals surface area contributed by atoms with Crippen LogP contribution in [0.2, 0.25) is 5.02 Å². The predicted molar refractivity (Wildman–Crippen MR) is 132 cm³/mol. The van der Waals surface area contributed by atoms with E-state index in [-0.39, 0.29) is 22.8 Å². The van der Waals surface area contributed by atoms with E-state index in [9.17, 15) is 14.4 Å². The van der Waals surface area contributed by atoms with Gasteiger partial charge in [-0.05, 0) is 67.6 Å². The molecule has 0 radical (unpaired) electrons. The van der Waals surface area contributed by atoms with Gasteiger partial charge in [0, 0.05) is 28.9 Å². The van der Waals surface area contributed by atoms with E-state index in [1.165, 1.54) is 6.92 Å². The maximum Gasteiger partial charge on any atom is 0.265 e. The summed E-state index contributed by atoms with van der Waals surface area (Å²) >= 11 is 6.01. The lowest BCUT2D eigenvalue weighted by Gasteiger charge is -2.17. The Morgan fingerprint density at radius 3 is 2.18 bits per heavy atom. The highest BCUT2D eigenvalue weighted by molar-refractivity contribution is 6.30. The van der Waals surface area contributed by atoms with E-state index in [4.69, 9.17) is 20.8 Å². The highest BCUT2D eigenvalue weighted by Crippen LogP contribution is 2.32. The van der Waals surface area contributed by atoms with Crippen LogP contribution >= 0.6 is 11.6 Å². The molecule has 0 spiro atoms. The zero-order valence-electron chi connectivity index (χ0n) is 18.4. The SMILES string of the molecule is CC(=O)Nc1ccc(NC(=O)C(C)Oc2c(-c3ccc(Cl)cc3)oc3ccccc3c2=O)cc1. The van der Waals surface area contributed by atoms with Crippen LogP contribution in [0.1, 0.15) is 13.8 Å². The zero-order chi connectivity index (χ0) is 24.2. The smallest absolute Gasteiger partial charge is 0.265 e. The molecule has 1 unspecified atom stereocenters. The first-order valence-electron chi connectivity index (χ1n) is 10.5. The standard InChI is InChI=1S/C26H21ClN2O5/c1-15(26(32)29-20-13-11-19(12-14-20)28-16(2)30)33-25-23(31)21-5-3-4-6-22(21)34-24(25)17-7-9-18(27)10-8-17/h3-15H,1-2H3,(H,28,30)(H,29,32). The summed E-state index contributed by atoms with van der Waals surface area (Å²) in [5, 5.41) is 6.27. The molecule has 0 aliphatic heterocycles. The summed E-state index contributed by atoms with van der Waals surface area (Å²) in [5.41, 5.74) is 1.73. The molecular formula is C26H21ClN2O5. The number of rotatable bonds is 6. The van der Waals surface area contributed by atoms with E-state index in [0.29, 0.717) is 32.9 Å². The predicted octanol–water partition coefficient (Wildman–Crippen LogP) is 5.48. The molecule has 4 aromatic rings. The van der Waals surface area contributed by atoms with Gasteiger partial charge in [-0.1, -0.05) is 23.7 Å². The lowest BCUT2D eigenvalue weighted by Crippen LogP contribution is -2.31. The van der Waals surface area contributed by atoms with Crippen molar-refractivity contribution in [2.45, 2.75) is 20.0 Å². The van der Waals surface area contributed by atoms with Gasteiger partial charge < -0.3 is 19.8 Å². The number of hydrogen-bond donors (Lipinski definition) is 2. The second kappa shape index (κ2) is 9.80. The molecule has 7 nitrogen and oxygen atoms in total. The minimum Gasteiger partial charge on any atom is -0.473 e. The van der Waals surface area contributed by atoms with Crippen LogP contribution in [0.25, 0.3) is 22.3 Å². The zero-order valence-corrected chi connectivity index (χ0v) is 19.2. The minimum atomic E-state index is -1.01. The summed E-state index contributed by atoms with van der Waals surface area (Å²) in [6.45, 7) is 2.96. The summed E-state index contributed by atoms with van der Waals surface area (Å²) in [6, 6.07) is 20.2. The molecular weight excluding hydrogens is 456 g/mol. The highest BCUT2D eigenvalue weighted by atomic mass is 35.5. The molecule has 172 valence electrons. The van der Waals surface area contributed by atoms with Gasteiger partial charge in [0.2, 0.25) is 17.1 Å². The van der Waals surface area contributed by atoms with Gasteiger partial charge >= 0.3 is 0 Å². The van der Waals surface area contributed by atoms with E-state index in [2.05, 4.69) is 10.6 Å². The molecule has 3 aromatic carbocycles. The number of ether oxygens (including phenoxy) is 1. The Morgan fingerprint density at radius 2 is 1.53 bits per heavy atom. The van der Waals surface area contributed by atoms with E-state index in [0.717, 1.165) is 0 Å². The van der Waals surface area contributed by atoms with Crippen molar-refractivity contribution in [2.24, 2.45) is 0 Å². The Kier molecular flexibility index (Phi) is 6.65. The van der Waals surface area contributed by atoms with Crippen LogP contribution in [-0.4, -0.2) is 17.9 Å². The number of carbonyl (C=O) groups excluding carboxylic acids is 2. The van der Waals surface area contributed by atoms with Crippen LogP contribution in [0, 0.1) is 0 Å². The van der Waals surface area contributed by atoms with Crippen molar-refractivity contribution < 1.29 is 18.7 Å². The Balaban J connectivity index is 1.62. The fourth-order valence-electron chi connectivity index (χ4n) is 3.34. The van der Waals surface area contributed by atoms with Gasteiger partial charge in [0.15, 0.2) is 11.9 Å². The number of carbonyl (C=O) groups is 2. The molecule has 4 rings (SSSR count). The molecule has 34 heavy (non-hydrogen) atoms. The van der Waals surface area contributed by atoms with E-state index in [1.54, 1.807) is 79.7 Å². The summed E-state index contributed by atoms with van der Waals surface area (Å²) in [4.78, 5) is 37.2. The minimum absolute atomic E-state index is 0.0651. The lowest BCUT2D eigenvalue weighted by atomic mass is 10.1. The van der Waals surface area contributed by atoms with Gasteiger partial charge in [-0.15, -0.1) is 0 Å². The van der Waals surface area contributed by atoms with Crippen molar-refractivity contribution in [1.29, 1.82) is 0 Å². The summed E-state index contributed by atoms with van der Waals surface area (Å²) in [5.74, 6) is -0.504. The molecule has 1 atom stereocenters. The maximum absolute atomic E-state index is 13.3. The van der Waals surface area contributed by atoms with Gasteiger partial charge in [-0.3, -0.25) is 14.4 Å². The first-order chi connectivity index (χ1) is 16.3.